The first-order chi connectivity index (χ1) is 15.5. The second-order valence-corrected chi connectivity index (χ2v) is 8.41. The smallest absolute Gasteiger partial charge is 0.323 e. The van der Waals surface area contributed by atoms with Crippen LogP contribution in [0.4, 0.5) is 16.2 Å². The predicted octanol–water partition coefficient (Wildman–Crippen LogP) is 4.34. The van der Waals surface area contributed by atoms with Crippen LogP contribution in [-0.2, 0) is 16.1 Å². The fraction of sp³-hybridized carbons (Fsp3) is 0.400. The molecule has 3 rings (SSSR count). The molecule has 0 radical (unpaired) electrons. The summed E-state index contributed by atoms with van der Waals surface area (Å²) < 4.78 is 0. The second kappa shape index (κ2) is 11.9. The number of rotatable bonds is 8. The lowest BCUT2D eigenvalue weighted by molar-refractivity contribution is -0.126. The third-order valence-corrected chi connectivity index (χ3v) is 5.60. The molecule has 0 unspecified atom stereocenters. The Morgan fingerprint density at radius 3 is 2.25 bits per heavy atom. The van der Waals surface area contributed by atoms with Crippen LogP contribution in [0.1, 0.15) is 49.7 Å². The highest BCUT2D eigenvalue weighted by Gasteiger charge is 2.17. The summed E-state index contributed by atoms with van der Waals surface area (Å²) in [6, 6.07) is 14.5. The molecule has 0 heterocycles. The standard InChI is InChI=1S/C25H32N4O3/c1-18-7-5-11-21(13-18)28-25(32)29-22-12-6-10-20(14-22)16-26-24(31)17-27-23(30)15-19-8-3-2-4-9-19/h5-7,10-14,19H,2-4,8-9,15-17H2,1H3,(H,26,31)(H,27,30)(H2,28,29,32). The SMILES string of the molecule is Cc1cccc(NC(=O)Nc2cccc(CNC(=O)CNC(=O)CC3CCCCC3)c2)c1. The maximum absolute atomic E-state index is 12.2. The highest BCUT2D eigenvalue weighted by Crippen LogP contribution is 2.26. The Kier molecular flexibility index (Phi) is 8.66. The van der Waals surface area contributed by atoms with Crippen LogP contribution in [-0.4, -0.2) is 24.4 Å². The fourth-order valence-electron chi connectivity index (χ4n) is 3.94. The number of hydrogen-bond acceptors (Lipinski definition) is 3. The lowest BCUT2D eigenvalue weighted by atomic mass is 9.87. The summed E-state index contributed by atoms with van der Waals surface area (Å²) >= 11 is 0. The van der Waals surface area contributed by atoms with Gasteiger partial charge in [-0.05, 0) is 61.1 Å². The van der Waals surface area contributed by atoms with E-state index in [2.05, 4.69) is 21.3 Å². The minimum Gasteiger partial charge on any atom is -0.350 e. The molecule has 7 heteroatoms. The number of urea groups is 1. The van der Waals surface area contributed by atoms with E-state index in [4.69, 9.17) is 0 Å². The van der Waals surface area contributed by atoms with Crippen molar-refractivity contribution in [3.63, 3.8) is 0 Å². The van der Waals surface area contributed by atoms with Crippen LogP contribution >= 0.6 is 0 Å². The van der Waals surface area contributed by atoms with Gasteiger partial charge in [-0.1, -0.05) is 43.5 Å². The highest BCUT2D eigenvalue weighted by molar-refractivity contribution is 5.99. The first-order valence-corrected chi connectivity index (χ1v) is 11.2. The molecule has 0 aliphatic heterocycles. The summed E-state index contributed by atoms with van der Waals surface area (Å²) in [6.07, 6.45) is 6.36. The van der Waals surface area contributed by atoms with Gasteiger partial charge in [0.2, 0.25) is 11.8 Å². The molecule has 0 atom stereocenters. The van der Waals surface area contributed by atoms with Crippen LogP contribution in [0.15, 0.2) is 48.5 Å². The fourth-order valence-corrected chi connectivity index (χ4v) is 3.94. The number of nitrogens with one attached hydrogen (secondary N) is 4. The Hall–Kier alpha value is -3.35. The average molecular weight is 437 g/mol. The van der Waals surface area contributed by atoms with Crippen molar-refractivity contribution in [2.24, 2.45) is 5.92 Å². The number of amides is 4. The summed E-state index contributed by atoms with van der Waals surface area (Å²) in [4.78, 5) is 36.4. The monoisotopic (exact) mass is 436 g/mol. The number of carbonyl (C=O) groups is 3. The lowest BCUT2D eigenvalue weighted by Gasteiger charge is -2.20. The van der Waals surface area contributed by atoms with Crippen molar-refractivity contribution in [3.8, 4) is 0 Å². The molecule has 0 aromatic heterocycles. The number of anilines is 2. The van der Waals surface area contributed by atoms with Crippen molar-refractivity contribution >= 4 is 29.2 Å². The van der Waals surface area contributed by atoms with Gasteiger partial charge >= 0.3 is 6.03 Å². The largest absolute Gasteiger partial charge is 0.350 e. The molecule has 2 aromatic rings. The van der Waals surface area contributed by atoms with Crippen molar-refractivity contribution in [1.82, 2.24) is 10.6 Å². The van der Waals surface area contributed by atoms with E-state index in [1.807, 2.05) is 43.3 Å². The topological polar surface area (TPSA) is 99.3 Å². The van der Waals surface area contributed by atoms with Crippen LogP contribution < -0.4 is 21.3 Å². The third kappa shape index (κ3) is 8.06. The molecular weight excluding hydrogens is 404 g/mol. The molecule has 4 amide bonds. The Balaban J connectivity index is 1.39. The normalized spacial score (nSPS) is 13.8. The van der Waals surface area contributed by atoms with E-state index in [0.717, 1.165) is 29.7 Å². The van der Waals surface area contributed by atoms with Crippen molar-refractivity contribution < 1.29 is 14.4 Å². The maximum Gasteiger partial charge on any atom is 0.323 e. The van der Waals surface area contributed by atoms with Gasteiger partial charge in [0, 0.05) is 24.3 Å². The summed E-state index contributed by atoms with van der Waals surface area (Å²) in [5.74, 6) is 0.153. The van der Waals surface area contributed by atoms with Gasteiger partial charge in [-0.25, -0.2) is 4.79 Å². The quantitative estimate of drug-likeness (QED) is 0.495. The average Bonchev–Trinajstić information content (AvgIpc) is 2.77. The van der Waals surface area contributed by atoms with Gasteiger partial charge < -0.3 is 21.3 Å². The van der Waals surface area contributed by atoms with Crippen molar-refractivity contribution in [1.29, 1.82) is 0 Å². The van der Waals surface area contributed by atoms with Crippen LogP contribution in [0, 0.1) is 12.8 Å². The van der Waals surface area contributed by atoms with E-state index in [0.29, 0.717) is 24.6 Å². The van der Waals surface area contributed by atoms with Gasteiger partial charge in [0.05, 0.1) is 6.54 Å². The molecule has 1 saturated carbocycles. The molecular formula is C25H32N4O3. The molecule has 170 valence electrons. The molecule has 1 aliphatic carbocycles. The molecule has 0 bridgehead atoms. The summed E-state index contributed by atoms with van der Waals surface area (Å²) in [5.41, 5.74) is 3.25. The van der Waals surface area contributed by atoms with Gasteiger partial charge in [0.25, 0.3) is 0 Å². The van der Waals surface area contributed by atoms with Gasteiger partial charge in [0.15, 0.2) is 0 Å². The minimum atomic E-state index is -0.336. The zero-order chi connectivity index (χ0) is 22.8. The van der Waals surface area contributed by atoms with Crippen LogP contribution in [0.5, 0.6) is 0 Å². The Bertz CT molecular complexity index is 938. The summed E-state index contributed by atoms with van der Waals surface area (Å²) in [7, 11) is 0. The molecule has 2 aromatic carbocycles. The van der Waals surface area contributed by atoms with Crippen molar-refractivity contribution in [3.05, 3.63) is 59.7 Å². The van der Waals surface area contributed by atoms with Crippen LogP contribution in [0.25, 0.3) is 0 Å². The van der Waals surface area contributed by atoms with Crippen LogP contribution in [0.2, 0.25) is 0 Å². The zero-order valence-corrected chi connectivity index (χ0v) is 18.6. The second-order valence-electron chi connectivity index (χ2n) is 8.41. The van der Waals surface area contributed by atoms with E-state index in [9.17, 15) is 14.4 Å². The molecule has 0 saturated heterocycles. The highest BCUT2D eigenvalue weighted by atomic mass is 16.2. The number of carbonyl (C=O) groups excluding carboxylic acids is 3. The molecule has 1 fully saturated rings. The van der Waals surface area contributed by atoms with Crippen molar-refractivity contribution in [2.45, 2.75) is 52.0 Å². The zero-order valence-electron chi connectivity index (χ0n) is 18.6. The molecule has 4 N–H and O–H groups in total. The molecule has 32 heavy (non-hydrogen) atoms. The predicted molar refractivity (Wildman–Crippen MR) is 126 cm³/mol. The first kappa shape index (κ1) is 23.3. The van der Waals surface area contributed by atoms with E-state index in [-0.39, 0.29) is 24.4 Å². The van der Waals surface area contributed by atoms with Crippen molar-refractivity contribution in [2.75, 3.05) is 17.2 Å². The summed E-state index contributed by atoms with van der Waals surface area (Å²) in [6.45, 7) is 2.25. The van der Waals surface area contributed by atoms with Crippen LogP contribution in [0.3, 0.4) is 0 Å². The maximum atomic E-state index is 12.2. The van der Waals surface area contributed by atoms with E-state index in [1.54, 1.807) is 12.1 Å². The van der Waals surface area contributed by atoms with Gasteiger partial charge in [-0.3, -0.25) is 9.59 Å². The minimum absolute atomic E-state index is 0.0254. The lowest BCUT2D eigenvalue weighted by Crippen LogP contribution is -2.37. The van der Waals surface area contributed by atoms with E-state index in [1.165, 1.54) is 19.3 Å². The number of hydrogen-bond donors (Lipinski definition) is 4. The Labute approximate surface area is 189 Å². The van der Waals surface area contributed by atoms with Gasteiger partial charge in [-0.15, -0.1) is 0 Å². The first-order valence-electron chi connectivity index (χ1n) is 11.2. The third-order valence-electron chi connectivity index (χ3n) is 5.60. The number of aryl methyl sites for hydroxylation is 1. The van der Waals surface area contributed by atoms with Gasteiger partial charge in [-0.2, -0.15) is 0 Å². The molecule has 0 spiro atoms. The van der Waals surface area contributed by atoms with E-state index < -0.39 is 0 Å². The van der Waals surface area contributed by atoms with Gasteiger partial charge in [0.1, 0.15) is 0 Å². The molecule has 1 aliphatic rings. The summed E-state index contributed by atoms with van der Waals surface area (Å²) in [5, 5.41) is 11.1. The molecule has 7 nitrogen and oxygen atoms in total. The number of benzene rings is 2. The Morgan fingerprint density at radius 1 is 0.844 bits per heavy atom. The van der Waals surface area contributed by atoms with E-state index >= 15 is 0 Å². The Morgan fingerprint density at radius 2 is 1.53 bits per heavy atom.